The van der Waals surface area contributed by atoms with E-state index in [0.29, 0.717) is 5.39 Å². The van der Waals surface area contributed by atoms with Crippen LogP contribution < -0.4 is 0 Å². The third-order valence-corrected chi connectivity index (χ3v) is 8.60. The van der Waals surface area contributed by atoms with Crippen LogP contribution in [-0.4, -0.2) is 9.97 Å². The molecule has 3 heterocycles. The summed E-state index contributed by atoms with van der Waals surface area (Å²) in [7, 11) is 0. The van der Waals surface area contributed by atoms with Gasteiger partial charge >= 0.3 is 0 Å². The van der Waals surface area contributed by atoms with Gasteiger partial charge < -0.3 is 8.83 Å². The van der Waals surface area contributed by atoms with Crippen LogP contribution in [0, 0.1) is 0 Å². The Morgan fingerprint density at radius 3 is 2.10 bits per heavy atom. The van der Waals surface area contributed by atoms with E-state index >= 15 is 0 Å². The van der Waals surface area contributed by atoms with Crippen molar-refractivity contribution >= 4 is 65.6 Å². The number of hydrogen-bond acceptors (Lipinski definition) is 4. The second-order valence-corrected chi connectivity index (χ2v) is 11.6. The Bertz CT molecular complexity index is 4470. The molecule has 0 N–H and O–H groups in total. The van der Waals surface area contributed by atoms with Crippen LogP contribution in [0.25, 0.3) is 110 Å². The van der Waals surface area contributed by atoms with Crippen LogP contribution in [0.15, 0.2) is 178 Å². The highest BCUT2D eigenvalue weighted by Gasteiger charge is 2.18. The van der Waals surface area contributed by atoms with Crippen molar-refractivity contribution in [2.45, 2.75) is 0 Å². The number of fused-ring (bicyclic) bond motifs is 8. The van der Waals surface area contributed by atoms with Crippen LogP contribution >= 0.6 is 0 Å². The van der Waals surface area contributed by atoms with Gasteiger partial charge in [-0.2, -0.15) is 0 Å². The molecular weight excluding hydrogens is 637 g/mol. The van der Waals surface area contributed by atoms with E-state index in [4.69, 9.17) is 34.9 Å². The zero-order valence-corrected chi connectivity index (χ0v) is 26.2. The lowest BCUT2D eigenvalue weighted by Crippen LogP contribution is -1.88. The largest absolute Gasteiger partial charge is 0.455 e. The molecule has 4 heteroatoms. The van der Waals surface area contributed by atoms with Gasteiger partial charge in [0.25, 0.3) is 0 Å². The van der Waals surface area contributed by atoms with Gasteiger partial charge in [-0.3, -0.25) is 0 Å². The maximum atomic E-state index is 9.51. The zero-order valence-electron chi connectivity index (χ0n) is 48.2. The van der Waals surface area contributed by atoms with E-state index in [1.54, 1.807) is 6.07 Å². The van der Waals surface area contributed by atoms with Gasteiger partial charge in [-0.15, -0.1) is 0 Å². The first-order valence-corrected chi connectivity index (χ1v) is 15.7. The molecule has 0 aliphatic carbocycles. The van der Waals surface area contributed by atoms with Crippen molar-refractivity contribution in [3.63, 3.8) is 0 Å². The molecule has 0 saturated heterocycles. The van der Waals surface area contributed by atoms with Crippen molar-refractivity contribution < 1.29 is 39.0 Å². The van der Waals surface area contributed by atoms with Crippen molar-refractivity contribution in [1.82, 2.24) is 9.97 Å². The Labute approximate surface area is 329 Å². The summed E-state index contributed by atoms with van der Waals surface area (Å²) in [5, 5.41) is -1.58. The Hall–Kier alpha value is -7.04. The number of para-hydroxylation sites is 2. The minimum Gasteiger partial charge on any atom is -0.455 e. The standard InChI is InChI=1S/C48H28N2O2/c1-2-8-30-23-31(16-15-29(30)7-1)32-17-18-34-25-35(20-19-33(34)24-32)36-21-22-44-42(27-36)46-48(52-44)45(49-28-50-46)38-10-5-9-37(26-38)39-12-6-13-41-40-11-3-4-14-43(40)51-47(39)41/h1-28H/i1D,2D,3D,4D,6D,7D,8D,9D,10D,11D,12D,13D,14D,15D,16D,17D,18D,19D,23D,24D,25D,26D. The fourth-order valence-corrected chi connectivity index (χ4v) is 6.18. The van der Waals surface area contributed by atoms with Gasteiger partial charge in [-0.1, -0.05) is 121 Å². The average Bonchev–Trinajstić information content (AvgIpc) is 3.98. The average molecular weight is 687 g/mol. The lowest BCUT2D eigenvalue weighted by atomic mass is 9.96. The number of rotatable bonds is 4. The normalized spacial score (nSPS) is 17.8. The van der Waals surface area contributed by atoms with E-state index in [-0.39, 0.29) is 95.0 Å². The van der Waals surface area contributed by atoms with Crippen LogP contribution in [0.3, 0.4) is 0 Å². The van der Waals surface area contributed by atoms with Crippen LogP contribution in [0.1, 0.15) is 30.2 Å². The highest BCUT2D eigenvalue weighted by molar-refractivity contribution is 6.10. The highest BCUT2D eigenvalue weighted by atomic mass is 16.3. The Morgan fingerprint density at radius 2 is 1.17 bits per heavy atom. The van der Waals surface area contributed by atoms with Crippen molar-refractivity contribution in [3.8, 4) is 44.6 Å². The molecular formula is C48H28N2O2. The van der Waals surface area contributed by atoms with Crippen LogP contribution in [0.4, 0.5) is 0 Å². The van der Waals surface area contributed by atoms with E-state index in [1.165, 1.54) is 18.2 Å². The highest BCUT2D eigenvalue weighted by Crippen LogP contribution is 2.40. The van der Waals surface area contributed by atoms with Gasteiger partial charge in [0.05, 0.1) is 30.2 Å². The van der Waals surface area contributed by atoms with Gasteiger partial charge in [0.2, 0.25) is 0 Å². The van der Waals surface area contributed by atoms with Gasteiger partial charge in [0, 0.05) is 27.3 Å². The molecule has 0 bridgehead atoms. The van der Waals surface area contributed by atoms with Gasteiger partial charge in [-0.05, 0) is 91.7 Å². The maximum Gasteiger partial charge on any atom is 0.180 e. The zero-order chi connectivity index (χ0) is 53.3. The third-order valence-electron chi connectivity index (χ3n) is 8.60. The van der Waals surface area contributed by atoms with E-state index < -0.39 is 143 Å². The fraction of sp³-hybridized carbons (Fsp3) is 0. The van der Waals surface area contributed by atoms with Crippen LogP contribution in [0.2, 0.25) is 0 Å². The van der Waals surface area contributed by atoms with Crippen molar-refractivity contribution in [3.05, 3.63) is 170 Å². The molecule has 52 heavy (non-hydrogen) atoms. The number of furan rings is 2. The number of hydrogen-bond donors (Lipinski definition) is 0. The predicted octanol–water partition coefficient (Wildman–Crippen LogP) is 13.2. The molecule has 0 aliphatic rings. The summed E-state index contributed by atoms with van der Waals surface area (Å²) in [5.74, 6) is 0. The summed E-state index contributed by atoms with van der Waals surface area (Å²) in [6.45, 7) is 0. The van der Waals surface area contributed by atoms with Crippen LogP contribution in [-0.2, 0) is 0 Å². The monoisotopic (exact) mass is 686 g/mol. The van der Waals surface area contributed by atoms with Gasteiger partial charge in [0.15, 0.2) is 5.58 Å². The maximum absolute atomic E-state index is 9.51. The summed E-state index contributed by atoms with van der Waals surface area (Å²) in [5.41, 5.74) is -2.16. The fourth-order valence-electron chi connectivity index (χ4n) is 6.18. The first kappa shape index (κ1) is 14.7. The van der Waals surface area contributed by atoms with E-state index in [2.05, 4.69) is 9.97 Å². The van der Waals surface area contributed by atoms with Gasteiger partial charge in [-0.25, -0.2) is 9.97 Å². The Morgan fingerprint density at radius 1 is 0.442 bits per heavy atom. The molecule has 0 unspecified atom stereocenters. The Balaban J connectivity index is 1.08. The number of nitrogens with zero attached hydrogens (tertiary/aromatic N) is 2. The molecule has 11 aromatic rings. The van der Waals surface area contributed by atoms with Gasteiger partial charge in [0.1, 0.15) is 34.3 Å². The molecule has 0 atom stereocenters. The van der Waals surface area contributed by atoms with Crippen LogP contribution in [0.5, 0.6) is 0 Å². The second-order valence-electron chi connectivity index (χ2n) is 11.6. The minimum atomic E-state index is -0.739. The second kappa shape index (κ2) is 11.2. The minimum absolute atomic E-state index is 0.0521. The summed E-state index contributed by atoms with van der Waals surface area (Å²) >= 11 is 0. The number of aromatic nitrogens is 2. The molecule has 0 fully saturated rings. The van der Waals surface area contributed by atoms with Crippen molar-refractivity contribution in [1.29, 1.82) is 0 Å². The first-order valence-electron chi connectivity index (χ1n) is 26.7. The molecule has 0 aliphatic heterocycles. The molecule has 0 radical (unpaired) electrons. The molecule has 0 spiro atoms. The SMILES string of the molecule is [2H]c1cc([2H])c(-c2c([2H])c([2H])c([2H])c3c2oc2c([2H])c([2H])c([2H])c([2H])c23)c([2H])c1-c1ncnc2c1oc1ccc(-c3cc([2H])c4c([2H])c(-c5c([2H])c([2H])c6c([2H])c([2H])c([2H])c([2H])c6c5[2H])c([2H])c([2H])c4c3[2H])cc12. The molecule has 11 rings (SSSR count). The van der Waals surface area contributed by atoms with E-state index in [9.17, 15) is 4.11 Å². The summed E-state index contributed by atoms with van der Waals surface area (Å²) in [6, 6.07) is -6.48. The molecule has 8 aromatic carbocycles. The molecule has 4 nitrogen and oxygen atoms in total. The summed E-state index contributed by atoms with van der Waals surface area (Å²) in [6.07, 6.45) is 1.13. The van der Waals surface area contributed by atoms with E-state index in [1.807, 2.05) is 0 Å². The topological polar surface area (TPSA) is 52.1 Å². The lowest BCUT2D eigenvalue weighted by molar-refractivity contribution is 0.667. The molecule has 242 valence electrons. The van der Waals surface area contributed by atoms with Crippen molar-refractivity contribution in [2.75, 3.05) is 0 Å². The smallest absolute Gasteiger partial charge is 0.180 e. The van der Waals surface area contributed by atoms with E-state index in [0.717, 1.165) is 12.4 Å². The summed E-state index contributed by atoms with van der Waals surface area (Å²) < 4.78 is 205. The Kier molecular flexibility index (Phi) is 3.17. The lowest BCUT2D eigenvalue weighted by Gasteiger charge is -2.08. The van der Waals surface area contributed by atoms with Crippen molar-refractivity contribution in [2.24, 2.45) is 0 Å². The predicted molar refractivity (Wildman–Crippen MR) is 213 cm³/mol. The molecule has 0 amide bonds. The molecule has 0 saturated carbocycles. The quantitative estimate of drug-likeness (QED) is 0.185. The molecule has 3 aromatic heterocycles. The summed E-state index contributed by atoms with van der Waals surface area (Å²) in [4.78, 5) is 8.81. The third kappa shape index (κ3) is 4.55. The first-order chi connectivity index (χ1) is 34.9. The number of benzene rings is 8.